The van der Waals surface area contributed by atoms with Crippen molar-refractivity contribution < 1.29 is 9.32 Å². The van der Waals surface area contributed by atoms with Gasteiger partial charge >= 0.3 is 0 Å². The molecule has 0 saturated carbocycles. The maximum absolute atomic E-state index is 11.9. The standard InChI is InChI=1S/C15H26N4O2/c1-5-12-9-19(14(20)6-2)8-7-13(12)16-10(3)15-17-11(4)18-21-15/h10,12-13,16H,5-9H2,1-4H3/t10-,12+,13-/m0/s1. The average Bonchev–Trinajstić information content (AvgIpc) is 2.93. The summed E-state index contributed by atoms with van der Waals surface area (Å²) >= 11 is 0. The van der Waals surface area contributed by atoms with E-state index in [1.807, 2.05) is 25.7 Å². The summed E-state index contributed by atoms with van der Waals surface area (Å²) in [6, 6.07) is 0.428. The summed E-state index contributed by atoms with van der Waals surface area (Å²) in [5.74, 6) is 2.02. The van der Waals surface area contributed by atoms with Gasteiger partial charge in [-0.2, -0.15) is 4.98 Å². The summed E-state index contributed by atoms with van der Waals surface area (Å²) in [5.41, 5.74) is 0. The van der Waals surface area contributed by atoms with Gasteiger partial charge in [0.15, 0.2) is 5.82 Å². The van der Waals surface area contributed by atoms with Crippen molar-refractivity contribution >= 4 is 5.91 Å². The molecule has 0 radical (unpaired) electrons. The highest BCUT2D eigenvalue weighted by Gasteiger charge is 2.31. The van der Waals surface area contributed by atoms with E-state index in [1.165, 1.54) is 0 Å². The van der Waals surface area contributed by atoms with E-state index in [0.29, 0.717) is 30.1 Å². The Balaban J connectivity index is 1.95. The number of aromatic nitrogens is 2. The topological polar surface area (TPSA) is 71.3 Å². The first-order chi connectivity index (χ1) is 10.0. The Kier molecular flexibility index (Phi) is 5.33. The molecule has 1 N–H and O–H groups in total. The largest absolute Gasteiger partial charge is 0.342 e. The summed E-state index contributed by atoms with van der Waals surface area (Å²) in [6.45, 7) is 9.65. The number of carbonyl (C=O) groups is 1. The first-order valence-corrected chi connectivity index (χ1v) is 7.89. The van der Waals surface area contributed by atoms with Crippen LogP contribution in [0.4, 0.5) is 0 Å². The molecule has 2 heterocycles. The van der Waals surface area contributed by atoms with Gasteiger partial charge in [-0.05, 0) is 26.2 Å². The van der Waals surface area contributed by atoms with E-state index < -0.39 is 0 Å². The van der Waals surface area contributed by atoms with Crippen LogP contribution in [0.3, 0.4) is 0 Å². The molecule has 1 aromatic heterocycles. The molecule has 0 aromatic carbocycles. The maximum Gasteiger partial charge on any atom is 0.243 e. The zero-order valence-corrected chi connectivity index (χ0v) is 13.4. The van der Waals surface area contributed by atoms with Crippen LogP contribution in [0.1, 0.15) is 57.8 Å². The Labute approximate surface area is 126 Å². The molecule has 6 nitrogen and oxygen atoms in total. The summed E-state index contributed by atoms with van der Waals surface area (Å²) < 4.78 is 5.23. The summed E-state index contributed by atoms with van der Waals surface area (Å²) in [7, 11) is 0. The second-order valence-corrected chi connectivity index (χ2v) is 5.82. The monoisotopic (exact) mass is 294 g/mol. The number of carbonyl (C=O) groups excluding carboxylic acids is 1. The molecular weight excluding hydrogens is 268 g/mol. The smallest absolute Gasteiger partial charge is 0.243 e. The predicted octanol–water partition coefficient (Wildman–Crippen LogP) is 2.07. The van der Waals surface area contributed by atoms with Gasteiger partial charge in [-0.25, -0.2) is 0 Å². The van der Waals surface area contributed by atoms with Crippen molar-refractivity contribution in [1.29, 1.82) is 0 Å². The van der Waals surface area contributed by atoms with Gasteiger partial charge < -0.3 is 14.7 Å². The first kappa shape index (κ1) is 15.9. The van der Waals surface area contributed by atoms with E-state index in [4.69, 9.17) is 4.52 Å². The van der Waals surface area contributed by atoms with Crippen LogP contribution in [0.5, 0.6) is 0 Å². The molecule has 2 rings (SSSR count). The van der Waals surface area contributed by atoms with Gasteiger partial charge in [-0.3, -0.25) is 4.79 Å². The van der Waals surface area contributed by atoms with Gasteiger partial charge in [0.25, 0.3) is 0 Å². The molecule has 1 aliphatic heterocycles. The van der Waals surface area contributed by atoms with Crippen molar-refractivity contribution in [2.45, 2.75) is 59.0 Å². The number of aryl methyl sites for hydroxylation is 1. The number of rotatable bonds is 5. The van der Waals surface area contributed by atoms with Crippen LogP contribution < -0.4 is 5.32 Å². The fourth-order valence-corrected chi connectivity index (χ4v) is 3.00. The third-order valence-electron chi connectivity index (χ3n) is 4.29. The van der Waals surface area contributed by atoms with Gasteiger partial charge in [0.1, 0.15) is 0 Å². The molecule has 1 aromatic rings. The number of amides is 1. The van der Waals surface area contributed by atoms with Crippen LogP contribution in [0.25, 0.3) is 0 Å². The Bertz CT molecular complexity index is 474. The number of nitrogens with one attached hydrogen (secondary N) is 1. The zero-order chi connectivity index (χ0) is 15.4. The molecule has 3 atom stereocenters. The summed E-state index contributed by atoms with van der Waals surface area (Å²) in [5, 5.41) is 7.43. The molecule has 1 saturated heterocycles. The Morgan fingerprint density at radius 2 is 2.29 bits per heavy atom. The lowest BCUT2D eigenvalue weighted by Crippen LogP contribution is -2.51. The van der Waals surface area contributed by atoms with Gasteiger partial charge in [-0.1, -0.05) is 25.4 Å². The Hall–Kier alpha value is -1.43. The summed E-state index contributed by atoms with van der Waals surface area (Å²) in [4.78, 5) is 18.1. The maximum atomic E-state index is 11.9. The SMILES string of the molecule is CCC(=O)N1CC[C@H](N[C@@H](C)c2nc(C)no2)[C@H](CC)C1. The minimum atomic E-state index is 0.0404. The molecule has 118 valence electrons. The van der Waals surface area contributed by atoms with Crippen molar-refractivity contribution in [2.24, 2.45) is 5.92 Å². The van der Waals surface area contributed by atoms with Crippen LogP contribution in [0.2, 0.25) is 0 Å². The number of piperidine rings is 1. The molecule has 1 aliphatic rings. The van der Waals surface area contributed by atoms with E-state index in [0.717, 1.165) is 25.9 Å². The fraction of sp³-hybridized carbons (Fsp3) is 0.800. The lowest BCUT2D eigenvalue weighted by Gasteiger charge is -2.39. The van der Waals surface area contributed by atoms with Gasteiger partial charge in [0.05, 0.1) is 6.04 Å². The van der Waals surface area contributed by atoms with Gasteiger partial charge in [0, 0.05) is 25.6 Å². The number of hydrogen-bond acceptors (Lipinski definition) is 5. The number of likely N-dealkylation sites (tertiary alicyclic amines) is 1. The quantitative estimate of drug-likeness (QED) is 0.900. The highest BCUT2D eigenvalue weighted by molar-refractivity contribution is 5.75. The molecular formula is C15H26N4O2. The van der Waals surface area contributed by atoms with Crippen LogP contribution in [0, 0.1) is 12.8 Å². The second-order valence-electron chi connectivity index (χ2n) is 5.82. The van der Waals surface area contributed by atoms with Crippen molar-refractivity contribution in [2.75, 3.05) is 13.1 Å². The van der Waals surface area contributed by atoms with Crippen LogP contribution in [-0.2, 0) is 4.79 Å². The van der Waals surface area contributed by atoms with Crippen molar-refractivity contribution in [3.63, 3.8) is 0 Å². The van der Waals surface area contributed by atoms with Crippen molar-refractivity contribution in [3.8, 4) is 0 Å². The first-order valence-electron chi connectivity index (χ1n) is 7.89. The predicted molar refractivity (Wildman–Crippen MR) is 79.6 cm³/mol. The molecule has 1 amide bonds. The Morgan fingerprint density at radius 3 is 2.86 bits per heavy atom. The fourth-order valence-electron chi connectivity index (χ4n) is 3.00. The molecule has 1 fully saturated rings. The third-order valence-corrected chi connectivity index (χ3v) is 4.29. The highest BCUT2D eigenvalue weighted by Crippen LogP contribution is 2.23. The van der Waals surface area contributed by atoms with Crippen molar-refractivity contribution in [1.82, 2.24) is 20.4 Å². The van der Waals surface area contributed by atoms with Gasteiger partial charge in [0.2, 0.25) is 11.8 Å². The number of nitrogens with zero attached hydrogens (tertiary/aromatic N) is 3. The molecule has 0 spiro atoms. The second kappa shape index (κ2) is 7.02. The van der Waals surface area contributed by atoms with E-state index in [-0.39, 0.29) is 11.9 Å². The van der Waals surface area contributed by atoms with Crippen LogP contribution in [-0.4, -0.2) is 40.1 Å². The Morgan fingerprint density at radius 1 is 1.52 bits per heavy atom. The van der Waals surface area contributed by atoms with Crippen molar-refractivity contribution in [3.05, 3.63) is 11.7 Å². The average molecular weight is 294 g/mol. The number of hydrogen-bond donors (Lipinski definition) is 1. The molecule has 0 unspecified atom stereocenters. The highest BCUT2D eigenvalue weighted by atomic mass is 16.5. The van der Waals surface area contributed by atoms with E-state index in [9.17, 15) is 4.79 Å². The molecule has 0 bridgehead atoms. The zero-order valence-electron chi connectivity index (χ0n) is 13.4. The molecule has 21 heavy (non-hydrogen) atoms. The molecule has 6 heteroatoms. The lowest BCUT2D eigenvalue weighted by molar-refractivity contribution is -0.133. The van der Waals surface area contributed by atoms with E-state index in [2.05, 4.69) is 22.4 Å². The normalized spacial score (nSPS) is 24.1. The third kappa shape index (κ3) is 3.81. The lowest BCUT2D eigenvalue weighted by atomic mass is 9.89. The van der Waals surface area contributed by atoms with Crippen LogP contribution in [0.15, 0.2) is 4.52 Å². The minimum Gasteiger partial charge on any atom is -0.342 e. The minimum absolute atomic E-state index is 0.0404. The van der Waals surface area contributed by atoms with E-state index in [1.54, 1.807) is 0 Å². The molecule has 0 aliphatic carbocycles. The summed E-state index contributed by atoms with van der Waals surface area (Å²) in [6.07, 6.45) is 2.62. The van der Waals surface area contributed by atoms with E-state index >= 15 is 0 Å². The van der Waals surface area contributed by atoms with Gasteiger partial charge in [-0.15, -0.1) is 0 Å². The van der Waals surface area contributed by atoms with Crippen LogP contribution >= 0.6 is 0 Å².